The summed E-state index contributed by atoms with van der Waals surface area (Å²) in [5, 5.41) is 2.80. The van der Waals surface area contributed by atoms with Crippen LogP contribution in [-0.4, -0.2) is 46.8 Å². The monoisotopic (exact) mass is 423 g/mol. The molecule has 0 spiro atoms. The number of pyridine rings is 3. The van der Waals surface area contributed by atoms with Crippen LogP contribution in [0.15, 0.2) is 48.9 Å². The van der Waals surface area contributed by atoms with Gasteiger partial charge in [-0.3, -0.25) is 14.8 Å². The number of hydrogen-bond acceptors (Lipinski definition) is 7. The standard InChI is InChI=1S/C21H21N5O3S/c1-13-4-5-14(11-24-13)18-9-17(21(27)25-16-6-8-30(28,29)12-16)19(22)20(26-18)15-3-2-7-23-10-15/h2-5,7,9-11,16H,6,8,12,22H2,1H3,(H,25,27). The van der Waals surface area contributed by atoms with Crippen molar-refractivity contribution in [2.45, 2.75) is 19.4 Å². The third-order valence-corrected chi connectivity index (χ3v) is 6.78. The summed E-state index contributed by atoms with van der Waals surface area (Å²) in [6, 6.07) is 8.49. The molecule has 154 valence electrons. The number of carbonyl (C=O) groups excluding carboxylic acids is 1. The Labute approximate surface area is 174 Å². The molecule has 3 N–H and O–H groups in total. The molecule has 0 bridgehead atoms. The molecule has 4 heterocycles. The Kier molecular flexibility index (Phi) is 5.21. The maximum absolute atomic E-state index is 13.0. The smallest absolute Gasteiger partial charge is 0.253 e. The van der Waals surface area contributed by atoms with E-state index >= 15 is 0 Å². The minimum Gasteiger partial charge on any atom is -0.396 e. The third kappa shape index (κ3) is 4.16. The molecule has 1 fully saturated rings. The van der Waals surface area contributed by atoms with Crippen molar-refractivity contribution in [1.82, 2.24) is 20.3 Å². The third-order valence-electron chi connectivity index (χ3n) is 5.01. The van der Waals surface area contributed by atoms with Crippen LogP contribution in [0.4, 0.5) is 5.69 Å². The molecule has 1 aliphatic rings. The van der Waals surface area contributed by atoms with E-state index in [2.05, 4.69) is 20.3 Å². The molecule has 30 heavy (non-hydrogen) atoms. The number of nitrogens with one attached hydrogen (secondary N) is 1. The van der Waals surface area contributed by atoms with Gasteiger partial charge in [0, 0.05) is 41.5 Å². The minimum atomic E-state index is -3.11. The molecule has 1 atom stereocenters. The Morgan fingerprint density at radius 2 is 2.03 bits per heavy atom. The number of rotatable bonds is 4. The van der Waals surface area contributed by atoms with Gasteiger partial charge in [-0.05, 0) is 43.7 Å². The number of nitrogen functional groups attached to an aromatic ring is 1. The van der Waals surface area contributed by atoms with E-state index in [4.69, 9.17) is 5.73 Å². The van der Waals surface area contributed by atoms with Gasteiger partial charge in [-0.25, -0.2) is 13.4 Å². The Hall–Kier alpha value is -3.33. The quantitative estimate of drug-likeness (QED) is 0.657. The van der Waals surface area contributed by atoms with Crippen molar-refractivity contribution < 1.29 is 13.2 Å². The van der Waals surface area contributed by atoms with Crippen LogP contribution in [0, 0.1) is 6.92 Å². The fourth-order valence-corrected chi connectivity index (χ4v) is 5.08. The zero-order valence-electron chi connectivity index (χ0n) is 16.4. The van der Waals surface area contributed by atoms with Crippen molar-refractivity contribution in [2.75, 3.05) is 17.2 Å². The number of nitrogens with two attached hydrogens (primary N) is 1. The van der Waals surface area contributed by atoms with Gasteiger partial charge in [0.05, 0.1) is 34.1 Å². The van der Waals surface area contributed by atoms with Crippen LogP contribution >= 0.6 is 0 Å². The Balaban J connectivity index is 1.77. The van der Waals surface area contributed by atoms with Crippen molar-refractivity contribution in [3.8, 4) is 22.5 Å². The second kappa shape index (κ2) is 7.83. The van der Waals surface area contributed by atoms with Gasteiger partial charge in [0.15, 0.2) is 9.84 Å². The number of aromatic nitrogens is 3. The first-order valence-corrected chi connectivity index (χ1v) is 11.3. The Morgan fingerprint density at radius 3 is 2.67 bits per heavy atom. The van der Waals surface area contributed by atoms with Crippen LogP contribution in [0.1, 0.15) is 22.5 Å². The number of sulfone groups is 1. The molecule has 1 aliphatic heterocycles. The van der Waals surface area contributed by atoms with Crippen LogP contribution in [0.2, 0.25) is 0 Å². The van der Waals surface area contributed by atoms with Crippen molar-refractivity contribution in [1.29, 1.82) is 0 Å². The van der Waals surface area contributed by atoms with Crippen LogP contribution in [0.3, 0.4) is 0 Å². The van der Waals surface area contributed by atoms with Gasteiger partial charge in [0.1, 0.15) is 0 Å². The summed E-state index contributed by atoms with van der Waals surface area (Å²) in [6.07, 6.45) is 5.35. The van der Waals surface area contributed by atoms with Gasteiger partial charge < -0.3 is 11.1 Å². The summed E-state index contributed by atoms with van der Waals surface area (Å²) in [5.41, 5.74) is 10.0. The highest BCUT2D eigenvalue weighted by Gasteiger charge is 2.30. The SMILES string of the molecule is Cc1ccc(-c2cc(C(=O)NC3CCS(=O)(=O)C3)c(N)c(-c3cccnc3)n2)cn1. The van der Waals surface area contributed by atoms with E-state index in [1.54, 1.807) is 30.7 Å². The van der Waals surface area contributed by atoms with Gasteiger partial charge in [0.25, 0.3) is 5.91 Å². The number of carbonyl (C=O) groups is 1. The number of hydrogen-bond donors (Lipinski definition) is 2. The first-order valence-electron chi connectivity index (χ1n) is 9.47. The van der Waals surface area contributed by atoms with Gasteiger partial charge in [-0.15, -0.1) is 0 Å². The molecule has 3 aromatic rings. The topological polar surface area (TPSA) is 128 Å². The molecule has 0 aliphatic carbocycles. The molecule has 1 unspecified atom stereocenters. The maximum Gasteiger partial charge on any atom is 0.253 e. The van der Waals surface area contributed by atoms with E-state index < -0.39 is 21.8 Å². The highest BCUT2D eigenvalue weighted by molar-refractivity contribution is 7.91. The second-order valence-electron chi connectivity index (χ2n) is 7.32. The van der Waals surface area contributed by atoms with E-state index in [1.165, 1.54) is 0 Å². The predicted octanol–water partition coefficient (Wildman–Crippen LogP) is 2.01. The fraction of sp³-hybridized carbons (Fsp3) is 0.238. The van der Waals surface area contributed by atoms with Crippen LogP contribution in [-0.2, 0) is 9.84 Å². The highest BCUT2D eigenvalue weighted by atomic mass is 32.2. The largest absolute Gasteiger partial charge is 0.396 e. The van der Waals surface area contributed by atoms with Crippen molar-refractivity contribution in [3.63, 3.8) is 0 Å². The lowest BCUT2D eigenvalue weighted by Crippen LogP contribution is -2.36. The summed E-state index contributed by atoms with van der Waals surface area (Å²) in [4.78, 5) is 26.1. The normalized spacial score (nSPS) is 17.6. The number of amides is 1. The Morgan fingerprint density at radius 1 is 1.20 bits per heavy atom. The number of nitrogens with zero attached hydrogens (tertiary/aromatic N) is 3. The molecule has 4 rings (SSSR count). The number of aryl methyl sites for hydroxylation is 1. The molecule has 8 nitrogen and oxygen atoms in total. The lowest BCUT2D eigenvalue weighted by atomic mass is 10.0. The number of anilines is 1. The molecule has 0 radical (unpaired) electrons. The van der Waals surface area contributed by atoms with Gasteiger partial charge >= 0.3 is 0 Å². The van der Waals surface area contributed by atoms with Crippen molar-refractivity contribution in [2.24, 2.45) is 0 Å². The van der Waals surface area contributed by atoms with E-state index in [-0.39, 0.29) is 22.8 Å². The van der Waals surface area contributed by atoms with Crippen LogP contribution < -0.4 is 11.1 Å². The molecule has 0 saturated carbocycles. The summed E-state index contributed by atoms with van der Waals surface area (Å²) < 4.78 is 23.5. The molecule has 9 heteroatoms. The zero-order chi connectivity index (χ0) is 21.3. The fourth-order valence-electron chi connectivity index (χ4n) is 3.40. The van der Waals surface area contributed by atoms with Crippen molar-refractivity contribution in [3.05, 3.63) is 60.2 Å². The van der Waals surface area contributed by atoms with E-state index in [9.17, 15) is 13.2 Å². The Bertz CT molecular complexity index is 1200. The first kappa shape index (κ1) is 20.0. The first-order chi connectivity index (χ1) is 14.3. The summed E-state index contributed by atoms with van der Waals surface area (Å²) in [5.74, 6) is -0.415. The average Bonchev–Trinajstić information content (AvgIpc) is 3.07. The summed E-state index contributed by atoms with van der Waals surface area (Å²) in [6.45, 7) is 1.88. The maximum atomic E-state index is 13.0. The van der Waals surface area contributed by atoms with Crippen molar-refractivity contribution >= 4 is 21.4 Å². The van der Waals surface area contributed by atoms with Gasteiger partial charge in [0.2, 0.25) is 0 Å². The summed E-state index contributed by atoms with van der Waals surface area (Å²) in [7, 11) is -3.11. The second-order valence-corrected chi connectivity index (χ2v) is 9.55. The zero-order valence-corrected chi connectivity index (χ0v) is 17.2. The minimum absolute atomic E-state index is 0.0616. The molecular formula is C21H21N5O3S. The van der Waals surface area contributed by atoms with Gasteiger partial charge in [-0.1, -0.05) is 0 Å². The van der Waals surface area contributed by atoms with E-state index in [0.717, 1.165) is 11.3 Å². The molecule has 0 aromatic carbocycles. The average molecular weight is 423 g/mol. The lowest BCUT2D eigenvalue weighted by molar-refractivity contribution is 0.0942. The summed E-state index contributed by atoms with van der Waals surface area (Å²) >= 11 is 0. The van der Waals surface area contributed by atoms with E-state index in [1.807, 2.05) is 25.1 Å². The molecule has 1 amide bonds. The van der Waals surface area contributed by atoms with Gasteiger partial charge in [-0.2, -0.15) is 0 Å². The lowest BCUT2D eigenvalue weighted by Gasteiger charge is -2.16. The van der Waals surface area contributed by atoms with Crippen LogP contribution in [0.5, 0.6) is 0 Å². The predicted molar refractivity (Wildman–Crippen MR) is 114 cm³/mol. The highest BCUT2D eigenvalue weighted by Crippen LogP contribution is 2.31. The van der Waals surface area contributed by atoms with E-state index in [0.29, 0.717) is 23.4 Å². The molecular weight excluding hydrogens is 402 g/mol. The molecule has 3 aromatic heterocycles. The van der Waals surface area contributed by atoms with Crippen LogP contribution in [0.25, 0.3) is 22.5 Å². The molecule has 1 saturated heterocycles.